The fourth-order valence-corrected chi connectivity index (χ4v) is 3.58. The first-order valence-electron chi connectivity index (χ1n) is 7.89. The number of anilines is 1. The van der Waals surface area contributed by atoms with Crippen LogP contribution in [0.2, 0.25) is 5.02 Å². The zero-order valence-electron chi connectivity index (χ0n) is 13.5. The highest BCUT2D eigenvalue weighted by atomic mass is 35.5. The quantitative estimate of drug-likeness (QED) is 0.468. The van der Waals surface area contributed by atoms with Gasteiger partial charge in [-0.3, -0.25) is 9.59 Å². The molecule has 0 saturated carbocycles. The number of aromatic nitrogens is 1. The third-order valence-corrected chi connectivity index (χ3v) is 5.11. The predicted molar refractivity (Wildman–Crippen MR) is 105 cm³/mol. The van der Waals surface area contributed by atoms with Crippen LogP contribution in [0.3, 0.4) is 0 Å². The van der Waals surface area contributed by atoms with E-state index in [4.69, 9.17) is 11.6 Å². The standard InChI is InChI=1S/C20H13ClN2O2S/c21-13-8-9-14-15(11-13)22-18(19(24)12-5-2-1-3-6-12)17(14)23-20(25)16-7-4-10-26-16/h1-11,22H,(H,23,25). The molecule has 1 amide bonds. The molecule has 4 rings (SSSR count). The first-order valence-corrected chi connectivity index (χ1v) is 9.15. The number of H-pyrrole nitrogens is 1. The molecule has 128 valence electrons. The minimum Gasteiger partial charge on any atom is -0.350 e. The molecule has 0 bridgehead atoms. The number of rotatable bonds is 4. The summed E-state index contributed by atoms with van der Waals surface area (Å²) in [7, 11) is 0. The maximum atomic E-state index is 13.0. The summed E-state index contributed by atoms with van der Waals surface area (Å²) in [5, 5.41) is 6.00. The van der Waals surface area contributed by atoms with Crippen molar-refractivity contribution in [3.8, 4) is 0 Å². The summed E-state index contributed by atoms with van der Waals surface area (Å²) in [5.41, 5.74) is 2.03. The van der Waals surface area contributed by atoms with Crippen molar-refractivity contribution >= 4 is 51.2 Å². The highest BCUT2D eigenvalue weighted by Gasteiger charge is 2.21. The van der Waals surface area contributed by atoms with Gasteiger partial charge in [0.15, 0.2) is 0 Å². The highest BCUT2D eigenvalue weighted by Crippen LogP contribution is 2.32. The van der Waals surface area contributed by atoms with E-state index in [0.717, 1.165) is 5.39 Å². The average Bonchev–Trinajstić information content (AvgIpc) is 3.30. The number of carbonyl (C=O) groups is 2. The van der Waals surface area contributed by atoms with Crippen LogP contribution in [-0.4, -0.2) is 16.7 Å². The number of fused-ring (bicyclic) bond motifs is 1. The van der Waals surface area contributed by atoms with Gasteiger partial charge in [0.25, 0.3) is 5.91 Å². The van der Waals surface area contributed by atoms with Crippen LogP contribution in [0.25, 0.3) is 10.9 Å². The van der Waals surface area contributed by atoms with E-state index in [0.29, 0.717) is 32.4 Å². The van der Waals surface area contributed by atoms with Crippen LogP contribution in [0.4, 0.5) is 5.69 Å². The molecule has 2 heterocycles. The second-order valence-corrected chi connectivity index (χ2v) is 7.08. The number of carbonyl (C=O) groups excluding carboxylic acids is 2. The van der Waals surface area contributed by atoms with Crippen molar-refractivity contribution in [2.45, 2.75) is 0 Å². The van der Waals surface area contributed by atoms with Crippen molar-refractivity contribution < 1.29 is 9.59 Å². The first kappa shape index (κ1) is 16.6. The van der Waals surface area contributed by atoms with Crippen LogP contribution in [0.1, 0.15) is 25.7 Å². The topological polar surface area (TPSA) is 62.0 Å². The van der Waals surface area contributed by atoms with Gasteiger partial charge in [-0.2, -0.15) is 0 Å². The third-order valence-electron chi connectivity index (χ3n) is 4.01. The summed E-state index contributed by atoms with van der Waals surface area (Å²) in [6.07, 6.45) is 0. The third kappa shape index (κ3) is 3.03. The molecule has 0 radical (unpaired) electrons. The Morgan fingerprint density at radius 3 is 2.54 bits per heavy atom. The Kier molecular flexibility index (Phi) is 4.32. The molecule has 6 heteroatoms. The Bertz CT molecular complexity index is 1100. The van der Waals surface area contributed by atoms with Crippen LogP contribution in [0, 0.1) is 0 Å². The van der Waals surface area contributed by atoms with E-state index in [1.54, 1.807) is 48.5 Å². The molecule has 0 atom stereocenters. The largest absolute Gasteiger partial charge is 0.350 e. The Morgan fingerprint density at radius 2 is 1.81 bits per heavy atom. The lowest BCUT2D eigenvalue weighted by Crippen LogP contribution is -2.13. The van der Waals surface area contributed by atoms with Gasteiger partial charge in [-0.1, -0.05) is 48.0 Å². The Balaban J connectivity index is 1.83. The minimum atomic E-state index is -0.252. The van der Waals surface area contributed by atoms with Crippen molar-refractivity contribution in [2.24, 2.45) is 0 Å². The summed E-state index contributed by atoms with van der Waals surface area (Å²) in [6.45, 7) is 0. The zero-order chi connectivity index (χ0) is 18.1. The molecule has 0 saturated heterocycles. The molecular formula is C20H13ClN2O2S. The maximum Gasteiger partial charge on any atom is 0.265 e. The van der Waals surface area contributed by atoms with Crippen LogP contribution in [0.5, 0.6) is 0 Å². The molecule has 2 aromatic carbocycles. The molecule has 26 heavy (non-hydrogen) atoms. The van der Waals surface area contributed by atoms with Gasteiger partial charge in [0, 0.05) is 21.5 Å². The van der Waals surface area contributed by atoms with Crippen molar-refractivity contribution in [2.75, 3.05) is 5.32 Å². The van der Waals surface area contributed by atoms with Gasteiger partial charge in [-0.05, 0) is 29.6 Å². The molecule has 0 spiro atoms. The number of amides is 1. The molecule has 4 aromatic rings. The molecule has 0 unspecified atom stereocenters. The van der Waals surface area contributed by atoms with Gasteiger partial charge >= 0.3 is 0 Å². The lowest BCUT2D eigenvalue weighted by atomic mass is 10.1. The summed E-state index contributed by atoms with van der Waals surface area (Å²) in [5.74, 6) is -0.447. The number of halogens is 1. The van der Waals surface area contributed by atoms with Gasteiger partial charge in [-0.15, -0.1) is 11.3 Å². The molecule has 4 nitrogen and oxygen atoms in total. The fraction of sp³-hybridized carbons (Fsp3) is 0. The second-order valence-electron chi connectivity index (χ2n) is 5.69. The highest BCUT2D eigenvalue weighted by molar-refractivity contribution is 7.12. The van der Waals surface area contributed by atoms with Crippen LogP contribution < -0.4 is 5.32 Å². The lowest BCUT2D eigenvalue weighted by molar-refractivity contribution is 0.103. The normalized spacial score (nSPS) is 10.8. The van der Waals surface area contributed by atoms with Gasteiger partial charge < -0.3 is 10.3 Å². The summed E-state index contributed by atoms with van der Waals surface area (Å²) >= 11 is 7.42. The number of benzene rings is 2. The number of thiophene rings is 1. The molecule has 0 fully saturated rings. The van der Waals surface area contributed by atoms with Gasteiger partial charge in [-0.25, -0.2) is 0 Å². The molecule has 2 aromatic heterocycles. The molecule has 0 aliphatic rings. The van der Waals surface area contributed by atoms with E-state index in [-0.39, 0.29) is 11.7 Å². The van der Waals surface area contributed by atoms with Crippen molar-refractivity contribution in [3.05, 3.63) is 87.2 Å². The Hall–Kier alpha value is -2.89. The van der Waals surface area contributed by atoms with E-state index in [1.807, 2.05) is 17.5 Å². The molecular weight excluding hydrogens is 368 g/mol. The van der Waals surface area contributed by atoms with Crippen LogP contribution in [-0.2, 0) is 0 Å². The predicted octanol–water partition coefficient (Wildman–Crippen LogP) is 5.37. The maximum absolute atomic E-state index is 13.0. The number of nitrogens with one attached hydrogen (secondary N) is 2. The van der Waals surface area contributed by atoms with Crippen molar-refractivity contribution in [1.82, 2.24) is 4.98 Å². The number of hydrogen-bond acceptors (Lipinski definition) is 3. The number of aromatic amines is 1. The van der Waals surface area contributed by atoms with E-state index in [1.165, 1.54) is 11.3 Å². The molecule has 2 N–H and O–H groups in total. The smallest absolute Gasteiger partial charge is 0.265 e. The monoisotopic (exact) mass is 380 g/mol. The van der Waals surface area contributed by atoms with E-state index >= 15 is 0 Å². The minimum absolute atomic E-state index is 0.195. The number of ketones is 1. The van der Waals surface area contributed by atoms with Gasteiger partial charge in [0.05, 0.1) is 10.6 Å². The van der Waals surface area contributed by atoms with Gasteiger partial charge in [0.1, 0.15) is 5.69 Å². The van der Waals surface area contributed by atoms with E-state index in [9.17, 15) is 9.59 Å². The lowest BCUT2D eigenvalue weighted by Gasteiger charge is -2.06. The molecule has 0 aliphatic heterocycles. The van der Waals surface area contributed by atoms with E-state index in [2.05, 4.69) is 10.3 Å². The van der Waals surface area contributed by atoms with E-state index < -0.39 is 0 Å². The fourth-order valence-electron chi connectivity index (χ4n) is 2.79. The summed E-state index contributed by atoms with van der Waals surface area (Å²) < 4.78 is 0. The second kappa shape index (κ2) is 6.78. The van der Waals surface area contributed by atoms with Gasteiger partial charge in [0.2, 0.25) is 5.78 Å². The average molecular weight is 381 g/mol. The van der Waals surface area contributed by atoms with Crippen LogP contribution in [0.15, 0.2) is 66.0 Å². The first-order chi connectivity index (χ1) is 12.6. The SMILES string of the molecule is O=C(Nc1c(C(=O)c2ccccc2)[nH]c2cc(Cl)ccc12)c1cccs1. The Labute approximate surface area is 158 Å². The van der Waals surface area contributed by atoms with Crippen LogP contribution >= 0.6 is 22.9 Å². The summed E-state index contributed by atoms with van der Waals surface area (Å²) in [6, 6.07) is 17.7. The summed E-state index contributed by atoms with van der Waals surface area (Å²) in [4.78, 5) is 29.2. The van der Waals surface area contributed by atoms with Crippen molar-refractivity contribution in [1.29, 1.82) is 0 Å². The zero-order valence-corrected chi connectivity index (χ0v) is 15.0. The molecule has 0 aliphatic carbocycles. The Morgan fingerprint density at radius 1 is 1.00 bits per heavy atom. The van der Waals surface area contributed by atoms with Crippen molar-refractivity contribution in [3.63, 3.8) is 0 Å². The number of hydrogen-bond donors (Lipinski definition) is 2.